The van der Waals surface area contributed by atoms with Crippen LogP contribution in [0, 0.1) is 0 Å². The third kappa shape index (κ3) is 3.67. The van der Waals surface area contributed by atoms with Gasteiger partial charge >= 0.3 is 0 Å². The maximum absolute atomic E-state index is 12.8. The van der Waals surface area contributed by atoms with Crippen LogP contribution < -0.4 is 4.74 Å². The Morgan fingerprint density at radius 2 is 2.04 bits per heavy atom. The van der Waals surface area contributed by atoms with Gasteiger partial charge in [-0.3, -0.25) is 14.6 Å². The minimum Gasteiger partial charge on any atom is -0.507 e. The van der Waals surface area contributed by atoms with Crippen LogP contribution in [-0.2, 0) is 9.59 Å². The first kappa shape index (κ1) is 19.4. The van der Waals surface area contributed by atoms with Crippen molar-refractivity contribution in [1.29, 1.82) is 0 Å². The summed E-state index contributed by atoms with van der Waals surface area (Å²) < 4.78 is 5.59. The van der Waals surface area contributed by atoms with E-state index >= 15 is 0 Å². The molecule has 1 aromatic carbocycles. The minimum absolute atomic E-state index is 0.0746. The van der Waals surface area contributed by atoms with Crippen molar-refractivity contribution < 1.29 is 19.4 Å². The number of aliphatic hydroxyl groups is 1. The first-order valence-electron chi connectivity index (χ1n) is 9.11. The summed E-state index contributed by atoms with van der Waals surface area (Å²) in [6.45, 7) is 6.31. The topological polar surface area (TPSA) is 79.7 Å². The van der Waals surface area contributed by atoms with Crippen molar-refractivity contribution in [1.82, 2.24) is 9.88 Å². The van der Waals surface area contributed by atoms with Crippen LogP contribution in [0.15, 0.2) is 67.0 Å². The number of ether oxygens (including phenoxy) is 1. The number of Topliss-reactive ketones (excluding diaryl/α,β-unsaturated/α-hetero) is 1. The second kappa shape index (κ2) is 8.52. The smallest absolute Gasteiger partial charge is 0.295 e. The van der Waals surface area contributed by atoms with Crippen LogP contribution in [0.3, 0.4) is 0 Å². The molecule has 1 aromatic heterocycles. The zero-order chi connectivity index (χ0) is 20.1. The zero-order valence-corrected chi connectivity index (χ0v) is 15.7. The van der Waals surface area contributed by atoms with Crippen molar-refractivity contribution in [2.75, 3.05) is 13.2 Å². The molecule has 6 heteroatoms. The van der Waals surface area contributed by atoms with Gasteiger partial charge in [-0.2, -0.15) is 0 Å². The highest BCUT2D eigenvalue weighted by molar-refractivity contribution is 6.46. The predicted octanol–water partition coefficient (Wildman–Crippen LogP) is 3.48. The number of hydrogen-bond acceptors (Lipinski definition) is 5. The van der Waals surface area contributed by atoms with Crippen molar-refractivity contribution in [3.05, 3.63) is 78.1 Å². The van der Waals surface area contributed by atoms with Crippen molar-refractivity contribution in [2.24, 2.45) is 0 Å². The molecule has 1 atom stereocenters. The molecule has 0 spiro atoms. The van der Waals surface area contributed by atoms with Crippen LogP contribution in [0.2, 0.25) is 0 Å². The average molecular weight is 378 g/mol. The van der Waals surface area contributed by atoms with E-state index in [1.54, 1.807) is 36.4 Å². The minimum atomic E-state index is -0.690. The van der Waals surface area contributed by atoms with Crippen LogP contribution in [0.1, 0.15) is 30.5 Å². The number of carbonyl (C=O) groups is 2. The highest BCUT2D eigenvalue weighted by Crippen LogP contribution is 2.40. The van der Waals surface area contributed by atoms with E-state index in [0.717, 1.165) is 0 Å². The summed E-state index contributed by atoms with van der Waals surface area (Å²) in [5, 5.41) is 10.8. The van der Waals surface area contributed by atoms with E-state index in [4.69, 9.17) is 4.74 Å². The molecule has 1 saturated heterocycles. The third-order valence-corrected chi connectivity index (χ3v) is 4.50. The Balaban J connectivity index is 2.13. The monoisotopic (exact) mass is 378 g/mol. The third-order valence-electron chi connectivity index (χ3n) is 4.50. The summed E-state index contributed by atoms with van der Waals surface area (Å²) in [7, 11) is 0. The molecule has 2 aromatic rings. The van der Waals surface area contributed by atoms with E-state index in [0.29, 0.717) is 36.4 Å². The van der Waals surface area contributed by atoms with E-state index in [1.807, 2.05) is 13.0 Å². The molecule has 1 amide bonds. The summed E-state index contributed by atoms with van der Waals surface area (Å²) in [6, 6.07) is 9.71. The van der Waals surface area contributed by atoms with E-state index in [-0.39, 0.29) is 11.3 Å². The molecule has 28 heavy (non-hydrogen) atoms. The summed E-state index contributed by atoms with van der Waals surface area (Å²) in [5.41, 5.74) is 1.21. The molecule has 1 aliphatic rings. The number of aromatic nitrogens is 1. The van der Waals surface area contributed by atoms with Gasteiger partial charge in [0.25, 0.3) is 11.7 Å². The summed E-state index contributed by atoms with van der Waals surface area (Å²) in [4.78, 5) is 30.9. The van der Waals surface area contributed by atoms with Crippen molar-refractivity contribution in [3.8, 4) is 5.75 Å². The maximum Gasteiger partial charge on any atom is 0.295 e. The van der Waals surface area contributed by atoms with E-state index in [2.05, 4.69) is 11.6 Å². The number of benzene rings is 1. The van der Waals surface area contributed by atoms with E-state index in [9.17, 15) is 14.7 Å². The van der Waals surface area contributed by atoms with Crippen molar-refractivity contribution >= 4 is 17.4 Å². The highest BCUT2D eigenvalue weighted by atomic mass is 16.5. The lowest BCUT2D eigenvalue weighted by Crippen LogP contribution is -2.30. The Hall–Kier alpha value is -3.41. The first-order valence-corrected chi connectivity index (χ1v) is 9.11. The lowest BCUT2D eigenvalue weighted by Gasteiger charge is -2.25. The van der Waals surface area contributed by atoms with Crippen LogP contribution in [-0.4, -0.2) is 39.8 Å². The fourth-order valence-electron chi connectivity index (χ4n) is 3.29. The molecule has 6 nitrogen and oxygen atoms in total. The Bertz CT molecular complexity index is 921. The van der Waals surface area contributed by atoms with Crippen molar-refractivity contribution in [2.45, 2.75) is 19.4 Å². The number of aliphatic hydroxyl groups excluding tert-OH is 1. The van der Waals surface area contributed by atoms with Crippen LogP contribution >= 0.6 is 0 Å². The zero-order valence-electron chi connectivity index (χ0n) is 15.7. The Labute approximate surface area is 163 Å². The number of amides is 1. The van der Waals surface area contributed by atoms with Crippen LogP contribution in [0.4, 0.5) is 0 Å². The van der Waals surface area contributed by atoms with Gasteiger partial charge in [0.2, 0.25) is 0 Å². The first-order chi connectivity index (χ1) is 13.6. The molecule has 3 rings (SSSR count). The molecule has 1 N–H and O–H groups in total. The highest BCUT2D eigenvalue weighted by Gasteiger charge is 2.45. The molecular formula is C22H22N2O4. The molecule has 1 fully saturated rings. The van der Waals surface area contributed by atoms with Crippen LogP contribution in [0.5, 0.6) is 5.75 Å². The number of pyridine rings is 1. The fraction of sp³-hybridized carbons (Fsp3) is 0.227. The maximum atomic E-state index is 12.8. The number of likely N-dealkylation sites (tertiary alicyclic amines) is 1. The fourth-order valence-corrected chi connectivity index (χ4v) is 3.29. The molecule has 144 valence electrons. The average Bonchev–Trinajstić information content (AvgIpc) is 2.98. The van der Waals surface area contributed by atoms with Gasteiger partial charge in [-0.25, -0.2) is 0 Å². The van der Waals surface area contributed by atoms with Crippen molar-refractivity contribution in [3.63, 3.8) is 0 Å². The Morgan fingerprint density at radius 1 is 1.29 bits per heavy atom. The van der Waals surface area contributed by atoms with Gasteiger partial charge in [-0.05, 0) is 36.2 Å². The SMILES string of the molecule is C=CCOc1cccc(C2/C(=C(/O)c3ccncc3)C(=O)C(=O)N2CCC)c1. The molecule has 0 bridgehead atoms. The lowest BCUT2D eigenvalue weighted by atomic mass is 9.95. The molecule has 1 unspecified atom stereocenters. The molecule has 2 heterocycles. The number of ketones is 1. The molecule has 0 aliphatic carbocycles. The summed E-state index contributed by atoms with van der Waals surface area (Å²) in [5.74, 6) is -0.907. The predicted molar refractivity (Wildman–Crippen MR) is 106 cm³/mol. The number of carbonyl (C=O) groups excluding carboxylic acids is 2. The molecule has 0 radical (unpaired) electrons. The van der Waals surface area contributed by atoms with E-state index in [1.165, 1.54) is 17.3 Å². The van der Waals surface area contributed by atoms with E-state index < -0.39 is 17.7 Å². The van der Waals surface area contributed by atoms with Gasteiger partial charge in [0, 0.05) is 24.5 Å². The Kier molecular flexibility index (Phi) is 5.89. The normalized spacial score (nSPS) is 18.3. The van der Waals surface area contributed by atoms with Gasteiger partial charge < -0.3 is 14.7 Å². The van der Waals surface area contributed by atoms with Gasteiger partial charge in [-0.1, -0.05) is 31.7 Å². The lowest BCUT2D eigenvalue weighted by molar-refractivity contribution is -0.139. The second-order valence-corrected chi connectivity index (χ2v) is 6.40. The van der Waals surface area contributed by atoms with Gasteiger partial charge in [0.15, 0.2) is 0 Å². The quantitative estimate of drug-likeness (QED) is 0.345. The largest absolute Gasteiger partial charge is 0.507 e. The van der Waals surface area contributed by atoms with Crippen LogP contribution in [0.25, 0.3) is 5.76 Å². The number of hydrogen-bond donors (Lipinski definition) is 1. The Morgan fingerprint density at radius 3 is 2.71 bits per heavy atom. The second-order valence-electron chi connectivity index (χ2n) is 6.40. The summed E-state index contributed by atoms with van der Waals surface area (Å²) >= 11 is 0. The standard InChI is InChI=1S/C22H22N2O4/c1-3-12-24-19(16-6-5-7-17(14-16)28-13-4-2)18(21(26)22(24)27)20(25)15-8-10-23-11-9-15/h4-11,14,19,25H,2-3,12-13H2,1H3/b20-18-. The number of rotatable bonds is 7. The van der Waals surface area contributed by atoms with Gasteiger partial charge in [0.1, 0.15) is 18.1 Å². The molecule has 0 saturated carbocycles. The van der Waals surface area contributed by atoms with Gasteiger partial charge in [0.05, 0.1) is 11.6 Å². The molecular weight excluding hydrogens is 356 g/mol. The van der Waals surface area contributed by atoms with Gasteiger partial charge in [-0.15, -0.1) is 0 Å². The molecule has 1 aliphatic heterocycles. The summed E-state index contributed by atoms with van der Waals surface area (Å²) in [6.07, 6.45) is 5.37. The number of nitrogens with zero attached hydrogens (tertiary/aromatic N) is 2.